The molecule has 0 radical (unpaired) electrons. The zero-order valence-electron chi connectivity index (χ0n) is 21.4. The van der Waals surface area contributed by atoms with Crippen LogP contribution >= 0.6 is 11.3 Å². The fourth-order valence-electron chi connectivity index (χ4n) is 4.84. The number of aryl methyl sites for hydroxylation is 1. The highest BCUT2D eigenvalue weighted by atomic mass is 32.1. The molecule has 1 aliphatic rings. The maximum Gasteiger partial charge on any atom is 0.224 e. The summed E-state index contributed by atoms with van der Waals surface area (Å²) in [6.45, 7) is 6.29. The summed E-state index contributed by atoms with van der Waals surface area (Å²) in [7, 11) is 0. The molecule has 0 saturated carbocycles. The van der Waals surface area contributed by atoms with E-state index in [0.717, 1.165) is 51.4 Å². The lowest BCUT2D eigenvalue weighted by atomic mass is 9.90. The van der Waals surface area contributed by atoms with Gasteiger partial charge in [0.05, 0.1) is 40.7 Å². The Labute approximate surface area is 224 Å². The first-order valence-corrected chi connectivity index (χ1v) is 13.5. The van der Waals surface area contributed by atoms with Gasteiger partial charge in [0.25, 0.3) is 0 Å². The quantitative estimate of drug-likeness (QED) is 0.228. The van der Waals surface area contributed by atoms with Crippen LogP contribution in [-0.4, -0.2) is 31.1 Å². The van der Waals surface area contributed by atoms with E-state index in [1.54, 1.807) is 23.7 Å². The molecule has 0 bridgehead atoms. The van der Waals surface area contributed by atoms with E-state index < -0.39 is 0 Å². The molecule has 1 atom stereocenters. The largest absolute Gasteiger partial charge is 0.352 e. The standard InChI is InChI=1S/C29H27N7OS/c1-4-5-26(37)32-19-11-18(12-30-13-19)21-7-8-22-28(34-21)29(36-35-22)23-10-16(2)27-20(14-31-15-24(27)33-23)25-9-6-17(3)38-25/h6-16,33H,4-5H2,1-3H3,(H,32,37)(H,35,36). The molecule has 1 aliphatic heterocycles. The molecule has 3 N–H and O–H groups in total. The number of carbonyl (C=O) groups excluding carboxylic acids is 1. The number of fused-ring (bicyclic) bond motifs is 2. The van der Waals surface area contributed by atoms with Crippen molar-refractivity contribution in [2.45, 2.75) is 39.5 Å². The molecule has 1 unspecified atom stereocenters. The summed E-state index contributed by atoms with van der Waals surface area (Å²) in [5, 5.41) is 14.2. The molecular weight excluding hydrogens is 494 g/mol. The number of nitrogens with zero attached hydrogens (tertiary/aromatic N) is 4. The summed E-state index contributed by atoms with van der Waals surface area (Å²) in [5.74, 6) is 0.132. The number of H-pyrrole nitrogens is 1. The van der Waals surface area contributed by atoms with Gasteiger partial charge >= 0.3 is 0 Å². The normalized spacial score (nSPS) is 14.6. The molecular formula is C29H27N7OS. The van der Waals surface area contributed by atoms with Crippen molar-refractivity contribution < 1.29 is 4.79 Å². The molecule has 5 aromatic heterocycles. The number of carbonyl (C=O) groups is 1. The van der Waals surface area contributed by atoms with Gasteiger partial charge < -0.3 is 10.6 Å². The minimum absolute atomic E-state index is 0.0245. The van der Waals surface area contributed by atoms with Crippen LogP contribution in [-0.2, 0) is 4.79 Å². The molecule has 38 heavy (non-hydrogen) atoms. The Morgan fingerprint density at radius 2 is 1.97 bits per heavy atom. The number of allylic oxidation sites excluding steroid dienone is 1. The SMILES string of the molecule is CCCC(=O)Nc1cncc(-c2ccc3[nH]nc(C4=CC(C)c5c(cncc5-c5ccc(C)s5)N4)c3n2)c1. The van der Waals surface area contributed by atoms with E-state index in [0.29, 0.717) is 12.1 Å². The van der Waals surface area contributed by atoms with Gasteiger partial charge in [-0.15, -0.1) is 11.3 Å². The van der Waals surface area contributed by atoms with Crippen LogP contribution in [0, 0.1) is 6.92 Å². The third-order valence-electron chi connectivity index (χ3n) is 6.59. The third kappa shape index (κ3) is 4.45. The molecule has 0 spiro atoms. The number of hydrogen-bond acceptors (Lipinski definition) is 7. The van der Waals surface area contributed by atoms with E-state index in [2.05, 4.69) is 62.9 Å². The van der Waals surface area contributed by atoms with Crippen molar-refractivity contribution in [3.8, 4) is 21.7 Å². The Kier molecular flexibility index (Phi) is 6.21. The second kappa shape index (κ2) is 9.83. The number of thiophene rings is 1. The highest BCUT2D eigenvalue weighted by molar-refractivity contribution is 7.15. The van der Waals surface area contributed by atoms with E-state index in [9.17, 15) is 4.79 Å². The molecule has 0 aromatic carbocycles. The summed E-state index contributed by atoms with van der Waals surface area (Å²) in [6, 6.07) is 10.1. The van der Waals surface area contributed by atoms with Gasteiger partial charge in [-0.05, 0) is 49.2 Å². The first kappa shape index (κ1) is 24.0. The number of nitrogens with one attached hydrogen (secondary N) is 3. The first-order chi connectivity index (χ1) is 18.5. The van der Waals surface area contributed by atoms with Crippen LogP contribution in [0.3, 0.4) is 0 Å². The number of amides is 1. The lowest BCUT2D eigenvalue weighted by molar-refractivity contribution is -0.116. The van der Waals surface area contributed by atoms with E-state index in [-0.39, 0.29) is 11.8 Å². The first-order valence-electron chi connectivity index (χ1n) is 12.6. The molecule has 1 amide bonds. The number of pyridine rings is 3. The predicted octanol–water partition coefficient (Wildman–Crippen LogP) is 6.76. The maximum atomic E-state index is 12.1. The highest BCUT2D eigenvalue weighted by Gasteiger charge is 2.25. The molecule has 8 nitrogen and oxygen atoms in total. The third-order valence-corrected chi connectivity index (χ3v) is 7.63. The van der Waals surface area contributed by atoms with Gasteiger partial charge in [-0.3, -0.25) is 19.9 Å². The second-order valence-electron chi connectivity index (χ2n) is 9.48. The maximum absolute atomic E-state index is 12.1. The lowest BCUT2D eigenvalue weighted by Crippen LogP contribution is -2.12. The molecule has 6 rings (SSSR count). The summed E-state index contributed by atoms with van der Waals surface area (Å²) in [6.07, 6.45) is 10.7. The molecule has 0 fully saturated rings. The van der Waals surface area contributed by atoms with Crippen LogP contribution in [0.5, 0.6) is 0 Å². The van der Waals surface area contributed by atoms with Gasteiger partial charge in [-0.25, -0.2) is 4.98 Å². The van der Waals surface area contributed by atoms with Crippen molar-refractivity contribution in [2.75, 3.05) is 10.6 Å². The molecule has 5 aromatic rings. The topological polar surface area (TPSA) is 108 Å². The Morgan fingerprint density at radius 1 is 1.11 bits per heavy atom. The van der Waals surface area contributed by atoms with Crippen LogP contribution in [0.4, 0.5) is 11.4 Å². The summed E-state index contributed by atoms with van der Waals surface area (Å²) in [4.78, 5) is 28.3. The number of anilines is 2. The van der Waals surface area contributed by atoms with Gasteiger partial charge in [-0.2, -0.15) is 5.10 Å². The number of aromatic nitrogens is 5. The fourth-order valence-corrected chi connectivity index (χ4v) is 5.73. The number of hydrogen-bond donors (Lipinski definition) is 3. The molecule has 9 heteroatoms. The van der Waals surface area contributed by atoms with Gasteiger partial charge in [0, 0.05) is 45.6 Å². The average molecular weight is 522 g/mol. The Bertz CT molecular complexity index is 1700. The van der Waals surface area contributed by atoms with Crippen molar-refractivity contribution in [1.29, 1.82) is 0 Å². The zero-order chi connectivity index (χ0) is 26.2. The fraction of sp³-hybridized carbons (Fsp3) is 0.207. The molecule has 6 heterocycles. The summed E-state index contributed by atoms with van der Waals surface area (Å²) < 4.78 is 0. The van der Waals surface area contributed by atoms with Crippen LogP contribution in [0.1, 0.15) is 48.7 Å². The number of aromatic amines is 1. The summed E-state index contributed by atoms with van der Waals surface area (Å²) >= 11 is 1.78. The van der Waals surface area contributed by atoms with Crippen LogP contribution in [0.2, 0.25) is 0 Å². The summed E-state index contributed by atoms with van der Waals surface area (Å²) in [5.41, 5.74) is 8.82. The van der Waals surface area contributed by atoms with Crippen molar-refractivity contribution >= 4 is 45.3 Å². The van der Waals surface area contributed by atoms with E-state index >= 15 is 0 Å². The van der Waals surface area contributed by atoms with Crippen molar-refractivity contribution in [3.05, 3.63) is 77.3 Å². The van der Waals surface area contributed by atoms with E-state index in [1.165, 1.54) is 15.3 Å². The van der Waals surface area contributed by atoms with Gasteiger partial charge in [0.2, 0.25) is 5.91 Å². The van der Waals surface area contributed by atoms with Crippen molar-refractivity contribution in [3.63, 3.8) is 0 Å². The minimum Gasteiger partial charge on any atom is -0.352 e. The Hall–Kier alpha value is -4.37. The lowest BCUT2D eigenvalue weighted by Gasteiger charge is -2.25. The second-order valence-corrected chi connectivity index (χ2v) is 10.8. The minimum atomic E-state index is -0.0245. The van der Waals surface area contributed by atoms with E-state index in [1.807, 2.05) is 37.5 Å². The number of rotatable bonds is 6. The predicted molar refractivity (Wildman–Crippen MR) is 153 cm³/mol. The molecule has 190 valence electrons. The van der Waals surface area contributed by atoms with Gasteiger partial charge in [0.15, 0.2) is 0 Å². The van der Waals surface area contributed by atoms with Crippen LogP contribution < -0.4 is 10.6 Å². The highest BCUT2D eigenvalue weighted by Crippen LogP contribution is 2.42. The van der Waals surface area contributed by atoms with Crippen LogP contribution in [0.25, 0.3) is 38.4 Å². The average Bonchev–Trinajstić information content (AvgIpc) is 3.54. The van der Waals surface area contributed by atoms with Crippen molar-refractivity contribution in [1.82, 2.24) is 25.1 Å². The smallest absolute Gasteiger partial charge is 0.224 e. The van der Waals surface area contributed by atoms with Crippen LogP contribution in [0.15, 0.2) is 61.2 Å². The van der Waals surface area contributed by atoms with Gasteiger partial charge in [-0.1, -0.05) is 19.9 Å². The Balaban J connectivity index is 1.35. The van der Waals surface area contributed by atoms with Crippen molar-refractivity contribution in [2.24, 2.45) is 0 Å². The monoisotopic (exact) mass is 521 g/mol. The van der Waals surface area contributed by atoms with Gasteiger partial charge in [0.1, 0.15) is 11.2 Å². The van der Waals surface area contributed by atoms with E-state index in [4.69, 9.17) is 4.98 Å². The zero-order valence-corrected chi connectivity index (χ0v) is 22.2. The Morgan fingerprint density at radius 3 is 2.79 bits per heavy atom. The molecule has 0 aliphatic carbocycles. The molecule has 0 saturated heterocycles.